The molecule has 0 saturated carbocycles. The van der Waals surface area contributed by atoms with Gasteiger partial charge in [0, 0.05) is 31.7 Å². The molecule has 0 N–H and O–H groups in total. The Kier molecular flexibility index (Phi) is 5.17. The highest BCUT2D eigenvalue weighted by atomic mass is 32.2. The van der Waals surface area contributed by atoms with Crippen LogP contribution in [-0.4, -0.2) is 44.8 Å². The maximum Gasteiger partial charge on any atom is 0.246 e. The van der Waals surface area contributed by atoms with Crippen LogP contribution >= 0.6 is 0 Å². The molecule has 2 rings (SSSR count). The minimum Gasteiger partial charge on any atom is -0.441 e. The van der Waals surface area contributed by atoms with E-state index in [0.29, 0.717) is 18.1 Å². The van der Waals surface area contributed by atoms with E-state index in [2.05, 4.69) is 4.98 Å². The van der Waals surface area contributed by atoms with Crippen LogP contribution < -0.4 is 0 Å². The summed E-state index contributed by atoms with van der Waals surface area (Å²) in [6, 6.07) is 6.35. The number of nitrogens with zero attached hydrogens (tertiary/aromatic N) is 2. The zero-order valence-corrected chi connectivity index (χ0v) is 14.0. The normalized spacial score (nSPS) is 11.4. The summed E-state index contributed by atoms with van der Waals surface area (Å²) in [4.78, 5) is 20.8. The molecule has 0 aliphatic rings. The van der Waals surface area contributed by atoms with E-state index in [4.69, 9.17) is 9.25 Å². The second-order valence-electron chi connectivity index (χ2n) is 4.99. The van der Waals surface area contributed by atoms with Gasteiger partial charge in [0.15, 0.2) is 21.5 Å². The molecular weight excluding hydrogens is 320 g/mol. The maximum absolute atomic E-state index is 11.6. The zero-order valence-electron chi connectivity index (χ0n) is 13.1. The molecule has 8 heteroatoms. The number of oxazole rings is 1. The summed E-state index contributed by atoms with van der Waals surface area (Å²) in [6.07, 6.45) is 3.28. The van der Waals surface area contributed by atoms with Crippen LogP contribution in [0.5, 0.6) is 0 Å². The van der Waals surface area contributed by atoms with Crippen molar-refractivity contribution in [2.24, 2.45) is 0 Å². The number of aromatic nitrogens is 1. The summed E-state index contributed by atoms with van der Waals surface area (Å²) < 4.78 is 28.5. The lowest BCUT2D eigenvalue weighted by Crippen LogP contribution is -2.25. The fraction of sp³-hybridized carbons (Fsp3) is 0.333. The second kappa shape index (κ2) is 6.93. The van der Waals surface area contributed by atoms with Gasteiger partial charge in [-0.15, -0.1) is 0 Å². The molecule has 124 valence electrons. The first-order valence-corrected chi connectivity index (χ1v) is 8.76. The molecule has 0 fully saturated rings. The van der Waals surface area contributed by atoms with Crippen LogP contribution in [0.25, 0.3) is 11.3 Å². The van der Waals surface area contributed by atoms with Gasteiger partial charge in [0.05, 0.1) is 18.2 Å². The number of aryl methyl sites for hydroxylation is 1. The van der Waals surface area contributed by atoms with Crippen LogP contribution in [0, 0.1) is 0 Å². The Hall–Kier alpha value is -2.19. The van der Waals surface area contributed by atoms with Crippen molar-refractivity contribution >= 4 is 15.7 Å². The number of hydrogen-bond acceptors (Lipinski definition) is 6. The number of hydroxylamine groups is 2. The van der Waals surface area contributed by atoms with Crippen molar-refractivity contribution in [1.82, 2.24) is 10.0 Å². The van der Waals surface area contributed by atoms with Gasteiger partial charge in [-0.05, 0) is 24.3 Å². The number of sulfone groups is 1. The van der Waals surface area contributed by atoms with Crippen LogP contribution in [0.4, 0.5) is 0 Å². The lowest BCUT2D eigenvalue weighted by molar-refractivity contribution is -0.168. The van der Waals surface area contributed by atoms with Gasteiger partial charge in [0.25, 0.3) is 0 Å². The highest BCUT2D eigenvalue weighted by Gasteiger charge is 2.13. The fourth-order valence-corrected chi connectivity index (χ4v) is 2.53. The van der Waals surface area contributed by atoms with E-state index < -0.39 is 9.84 Å². The van der Waals surface area contributed by atoms with Crippen molar-refractivity contribution in [3.63, 3.8) is 0 Å². The van der Waals surface area contributed by atoms with Gasteiger partial charge in [-0.2, -0.15) is 0 Å². The number of carbonyl (C=O) groups excluding carboxylic acids is 1. The molecule has 0 atom stereocenters. The molecule has 7 nitrogen and oxygen atoms in total. The third-order valence-corrected chi connectivity index (χ3v) is 4.43. The smallest absolute Gasteiger partial charge is 0.246 e. The van der Waals surface area contributed by atoms with Crippen molar-refractivity contribution in [2.75, 3.05) is 20.4 Å². The van der Waals surface area contributed by atoms with Crippen molar-refractivity contribution in [3.05, 3.63) is 36.4 Å². The number of benzene rings is 1. The molecule has 1 heterocycles. The van der Waals surface area contributed by atoms with E-state index in [1.165, 1.54) is 26.3 Å². The van der Waals surface area contributed by atoms with E-state index in [-0.39, 0.29) is 17.2 Å². The monoisotopic (exact) mass is 338 g/mol. The number of hydrogen-bond donors (Lipinski definition) is 0. The number of carbonyl (C=O) groups is 1. The predicted octanol–water partition coefficient (Wildman–Crippen LogP) is 1.70. The minimum atomic E-state index is -3.23. The average molecular weight is 338 g/mol. The highest BCUT2D eigenvalue weighted by molar-refractivity contribution is 7.90. The van der Waals surface area contributed by atoms with Gasteiger partial charge in [0.1, 0.15) is 0 Å². The Labute approximate surface area is 134 Å². The molecular formula is C15H18N2O5S. The molecule has 0 aliphatic carbocycles. The summed E-state index contributed by atoms with van der Waals surface area (Å²) in [6.45, 7) is 0. The maximum atomic E-state index is 11.6. The Balaban J connectivity index is 2.06. The van der Waals surface area contributed by atoms with E-state index in [1.54, 1.807) is 18.3 Å². The summed E-state index contributed by atoms with van der Waals surface area (Å²) in [5.41, 5.74) is 0.719. The van der Waals surface area contributed by atoms with E-state index in [1.807, 2.05) is 0 Å². The second-order valence-corrected chi connectivity index (χ2v) is 7.00. The predicted molar refractivity (Wildman–Crippen MR) is 83.1 cm³/mol. The van der Waals surface area contributed by atoms with Crippen molar-refractivity contribution < 1.29 is 22.5 Å². The Morgan fingerprint density at radius 3 is 2.52 bits per heavy atom. The lowest BCUT2D eigenvalue weighted by atomic mass is 10.2. The molecule has 0 spiro atoms. The van der Waals surface area contributed by atoms with Crippen LogP contribution in [0.3, 0.4) is 0 Å². The highest BCUT2D eigenvalue weighted by Crippen LogP contribution is 2.22. The molecule has 0 radical (unpaired) electrons. The summed E-state index contributed by atoms with van der Waals surface area (Å²) >= 11 is 0. The van der Waals surface area contributed by atoms with Crippen LogP contribution in [0.2, 0.25) is 0 Å². The molecule has 2 aromatic rings. The first-order chi connectivity index (χ1) is 10.8. The standard InChI is InChI=1S/C15H18N2O5S/c1-17(21-2)15(18)9-8-14-16-10-13(22-14)11-4-6-12(7-5-11)23(3,19)20/h4-7,10H,8-9H2,1-3H3. The molecule has 1 aromatic heterocycles. The topological polar surface area (TPSA) is 89.7 Å². The largest absolute Gasteiger partial charge is 0.441 e. The van der Waals surface area contributed by atoms with Gasteiger partial charge in [-0.1, -0.05) is 0 Å². The van der Waals surface area contributed by atoms with E-state index >= 15 is 0 Å². The lowest BCUT2D eigenvalue weighted by Gasteiger charge is -2.12. The Morgan fingerprint density at radius 2 is 1.96 bits per heavy atom. The van der Waals surface area contributed by atoms with Crippen molar-refractivity contribution in [2.45, 2.75) is 17.7 Å². The fourth-order valence-electron chi connectivity index (χ4n) is 1.90. The first kappa shape index (κ1) is 17.2. The minimum absolute atomic E-state index is 0.176. The van der Waals surface area contributed by atoms with Gasteiger partial charge < -0.3 is 4.42 Å². The molecule has 0 saturated heterocycles. The van der Waals surface area contributed by atoms with Gasteiger partial charge in [-0.25, -0.2) is 18.5 Å². The SMILES string of the molecule is CON(C)C(=O)CCc1ncc(-c2ccc(S(C)(=O)=O)cc2)o1. The Morgan fingerprint density at radius 1 is 1.30 bits per heavy atom. The zero-order chi connectivity index (χ0) is 17.0. The quantitative estimate of drug-likeness (QED) is 0.745. The van der Waals surface area contributed by atoms with Crippen LogP contribution in [0.1, 0.15) is 12.3 Å². The Bertz CT molecular complexity index is 780. The van der Waals surface area contributed by atoms with Gasteiger partial charge in [0.2, 0.25) is 5.91 Å². The number of amides is 1. The van der Waals surface area contributed by atoms with Gasteiger partial charge in [-0.3, -0.25) is 9.63 Å². The summed E-state index contributed by atoms with van der Waals surface area (Å²) in [7, 11) is -0.273. The summed E-state index contributed by atoms with van der Waals surface area (Å²) in [5.74, 6) is 0.780. The molecule has 1 aromatic carbocycles. The molecule has 0 bridgehead atoms. The summed E-state index contributed by atoms with van der Waals surface area (Å²) in [5, 5.41) is 1.15. The molecule has 23 heavy (non-hydrogen) atoms. The third kappa shape index (κ3) is 4.40. The molecule has 1 amide bonds. The van der Waals surface area contributed by atoms with E-state index in [9.17, 15) is 13.2 Å². The third-order valence-electron chi connectivity index (χ3n) is 3.30. The van der Waals surface area contributed by atoms with Crippen molar-refractivity contribution in [3.8, 4) is 11.3 Å². The van der Waals surface area contributed by atoms with E-state index in [0.717, 1.165) is 16.9 Å². The van der Waals surface area contributed by atoms with Crippen LogP contribution in [-0.2, 0) is 25.9 Å². The number of rotatable bonds is 6. The van der Waals surface area contributed by atoms with Crippen LogP contribution in [0.15, 0.2) is 39.8 Å². The first-order valence-electron chi connectivity index (χ1n) is 6.87. The van der Waals surface area contributed by atoms with Gasteiger partial charge >= 0.3 is 0 Å². The average Bonchev–Trinajstić information content (AvgIpc) is 3.00. The molecule has 0 aliphatic heterocycles. The van der Waals surface area contributed by atoms with Crippen molar-refractivity contribution in [1.29, 1.82) is 0 Å². The molecule has 0 unspecified atom stereocenters.